The van der Waals surface area contributed by atoms with Gasteiger partial charge in [0, 0.05) is 0 Å². The van der Waals surface area contributed by atoms with Crippen LogP contribution < -0.4 is 14.2 Å². The summed E-state index contributed by atoms with van der Waals surface area (Å²) in [6.07, 6.45) is 0.955. The van der Waals surface area contributed by atoms with Crippen molar-refractivity contribution in [2.24, 2.45) is 0 Å². The Labute approximate surface area is 116 Å². The first-order valence-corrected chi connectivity index (χ1v) is 6.47. The van der Waals surface area contributed by atoms with Crippen molar-refractivity contribution in [2.75, 3.05) is 6.79 Å². The highest BCUT2D eigenvalue weighted by atomic mass is 16.7. The Hall–Kier alpha value is -2.49. The highest BCUT2D eigenvalue weighted by molar-refractivity contribution is 5.91. The molecule has 0 unspecified atom stereocenters. The molecule has 0 N–H and O–H groups in total. The lowest BCUT2D eigenvalue weighted by Crippen LogP contribution is -2.08. The highest BCUT2D eigenvalue weighted by Crippen LogP contribution is 2.32. The fraction of sp³-hybridized carbons (Fsp3) is 0.188. The smallest absolute Gasteiger partial charge is 0.343 e. The second-order valence-corrected chi connectivity index (χ2v) is 4.46. The fourth-order valence-corrected chi connectivity index (χ4v) is 1.98. The Morgan fingerprint density at radius 1 is 1.10 bits per heavy atom. The average molecular weight is 270 g/mol. The molecular weight excluding hydrogens is 256 g/mol. The van der Waals surface area contributed by atoms with Gasteiger partial charge >= 0.3 is 5.97 Å². The van der Waals surface area contributed by atoms with E-state index in [-0.39, 0.29) is 6.79 Å². The molecule has 2 aromatic carbocycles. The van der Waals surface area contributed by atoms with Gasteiger partial charge in [0.25, 0.3) is 0 Å². The maximum absolute atomic E-state index is 12.0. The molecule has 0 radical (unpaired) electrons. The van der Waals surface area contributed by atoms with Crippen molar-refractivity contribution in [3.05, 3.63) is 53.6 Å². The van der Waals surface area contributed by atoms with Crippen LogP contribution in [0.25, 0.3) is 0 Å². The average Bonchev–Trinajstić information content (AvgIpc) is 2.95. The van der Waals surface area contributed by atoms with Crippen LogP contribution in [-0.2, 0) is 6.42 Å². The highest BCUT2D eigenvalue weighted by Gasteiger charge is 2.17. The molecule has 0 atom stereocenters. The molecule has 1 aliphatic heterocycles. The molecule has 0 amide bonds. The maximum atomic E-state index is 12.0. The zero-order valence-electron chi connectivity index (χ0n) is 11.1. The van der Waals surface area contributed by atoms with Crippen LogP contribution in [0.4, 0.5) is 0 Å². The zero-order chi connectivity index (χ0) is 13.9. The van der Waals surface area contributed by atoms with Crippen LogP contribution in [0.1, 0.15) is 22.8 Å². The van der Waals surface area contributed by atoms with E-state index in [4.69, 9.17) is 14.2 Å². The third kappa shape index (κ3) is 2.45. The lowest BCUT2D eigenvalue weighted by Gasteiger charge is -2.05. The quantitative estimate of drug-likeness (QED) is 0.634. The van der Waals surface area contributed by atoms with Crippen molar-refractivity contribution in [1.29, 1.82) is 0 Å². The van der Waals surface area contributed by atoms with Gasteiger partial charge in [-0.25, -0.2) is 4.79 Å². The Morgan fingerprint density at radius 2 is 1.85 bits per heavy atom. The van der Waals surface area contributed by atoms with Gasteiger partial charge in [-0.15, -0.1) is 0 Å². The number of hydrogen-bond donors (Lipinski definition) is 0. The van der Waals surface area contributed by atoms with E-state index >= 15 is 0 Å². The van der Waals surface area contributed by atoms with Crippen LogP contribution in [0.3, 0.4) is 0 Å². The number of benzene rings is 2. The summed E-state index contributed by atoms with van der Waals surface area (Å²) in [6, 6.07) is 12.5. The van der Waals surface area contributed by atoms with E-state index in [1.165, 1.54) is 5.56 Å². The van der Waals surface area contributed by atoms with Crippen molar-refractivity contribution in [3.8, 4) is 17.2 Å². The predicted octanol–water partition coefficient (Wildman–Crippen LogP) is 3.20. The first-order chi connectivity index (χ1) is 9.76. The number of aryl methyl sites for hydroxylation is 1. The van der Waals surface area contributed by atoms with Crippen LogP contribution in [0, 0.1) is 0 Å². The molecule has 0 aromatic heterocycles. The lowest BCUT2D eigenvalue weighted by atomic mass is 10.2. The van der Waals surface area contributed by atoms with Crippen LogP contribution in [0.15, 0.2) is 42.5 Å². The van der Waals surface area contributed by atoms with Gasteiger partial charge < -0.3 is 14.2 Å². The van der Waals surface area contributed by atoms with Gasteiger partial charge in [-0.3, -0.25) is 0 Å². The fourth-order valence-electron chi connectivity index (χ4n) is 1.98. The molecule has 4 nitrogen and oxygen atoms in total. The number of hydrogen-bond acceptors (Lipinski definition) is 4. The predicted molar refractivity (Wildman–Crippen MR) is 73.3 cm³/mol. The minimum atomic E-state index is -0.410. The molecule has 0 bridgehead atoms. The third-order valence-electron chi connectivity index (χ3n) is 3.15. The zero-order valence-corrected chi connectivity index (χ0v) is 11.1. The van der Waals surface area contributed by atoms with E-state index in [9.17, 15) is 4.79 Å². The number of rotatable bonds is 3. The van der Waals surface area contributed by atoms with Crippen molar-refractivity contribution in [2.45, 2.75) is 13.3 Å². The number of fused-ring (bicyclic) bond motifs is 1. The topological polar surface area (TPSA) is 44.8 Å². The molecule has 20 heavy (non-hydrogen) atoms. The minimum absolute atomic E-state index is 0.187. The van der Waals surface area contributed by atoms with Gasteiger partial charge in [-0.05, 0) is 42.3 Å². The van der Waals surface area contributed by atoms with Gasteiger partial charge in [0.1, 0.15) is 5.75 Å². The Balaban J connectivity index is 1.75. The van der Waals surface area contributed by atoms with Crippen molar-refractivity contribution >= 4 is 5.97 Å². The summed E-state index contributed by atoms with van der Waals surface area (Å²) in [7, 11) is 0. The molecule has 1 aliphatic rings. The molecule has 4 heteroatoms. The summed E-state index contributed by atoms with van der Waals surface area (Å²) in [4.78, 5) is 12.0. The van der Waals surface area contributed by atoms with Gasteiger partial charge in [0.15, 0.2) is 11.5 Å². The van der Waals surface area contributed by atoms with Gasteiger partial charge in [-0.1, -0.05) is 19.1 Å². The van der Waals surface area contributed by atoms with E-state index in [1.807, 2.05) is 12.1 Å². The first kappa shape index (κ1) is 12.5. The summed E-state index contributed by atoms with van der Waals surface area (Å²) in [5, 5.41) is 0. The summed E-state index contributed by atoms with van der Waals surface area (Å²) >= 11 is 0. The number of esters is 1. The first-order valence-electron chi connectivity index (χ1n) is 6.47. The van der Waals surface area contributed by atoms with E-state index in [1.54, 1.807) is 30.3 Å². The standard InChI is InChI=1S/C16H14O4/c1-2-11-3-6-13(7-4-11)20-16(17)12-5-8-14-15(9-12)19-10-18-14/h3-9H,2,10H2,1H3. The summed E-state index contributed by atoms with van der Waals surface area (Å²) in [5.41, 5.74) is 1.64. The Morgan fingerprint density at radius 3 is 2.60 bits per heavy atom. The molecule has 2 aromatic rings. The van der Waals surface area contributed by atoms with Gasteiger partial charge in [-0.2, -0.15) is 0 Å². The van der Waals surface area contributed by atoms with E-state index < -0.39 is 5.97 Å². The molecule has 0 saturated carbocycles. The summed E-state index contributed by atoms with van der Waals surface area (Å²) < 4.78 is 15.8. The minimum Gasteiger partial charge on any atom is -0.454 e. The van der Waals surface area contributed by atoms with Crippen molar-refractivity contribution < 1.29 is 19.0 Å². The van der Waals surface area contributed by atoms with Crippen LogP contribution in [0.2, 0.25) is 0 Å². The molecule has 0 fully saturated rings. The molecule has 0 spiro atoms. The largest absolute Gasteiger partial charge is 0.454 e. The normalized spacial score (nSPS) is 12.2. The second-order valence-electron chi connectivity index (χ2n) is 4.46. The second kappa shape index (κ2) is 5.25. The van der Waals surface area contributed by atoms with Gasteiger partial charge in [0.05, 0.1) is 5.56 Å². The molecular formula is C16H14O4. The molecule has 102 valence electrons. The van der Waals surface area contributed by atoms with Crippen molar-refractivity contribution in [3.63, 3.8) is 0 Å². The number of carbonyl (C=O) groups excluding carboxylic acids is 1. The SMILES string of the molecule is CCc1ccc(OC(=O)c2ccc3c(c2)OCO3)cc1. The molecule has 0 aliphatic carbocycles. The van der Waals surface area contributed by atoms with E-state index in [2.05, 4.69) is 6.92 Å². The molecule has 0 saturated heterocycles. The van der Waals surface area contributed by atoms with Gasteiger partial charge in [0.2, 0.25) is 6.79 Å². The van der Waals surface area contributed by atoms with Crippen LogP contribution in [0.5, 0.6) is 17.2 Å². The Kier molecular flexibility index (Phi) is 3.29. The lowest BCUT2D eigenvalue weighted by molar-refractivity contribution is 0.0734. The summed E-state index contributed by atoms with van der Waals surface area (Å²) in [5.74, 6) is 1.34. The monoisotopic (exact) mass is 270 g/mol. The van der Waals surface area contributed by atoms with E-state index in [0.29, 0.717) is 22.8 Å². The third-order valence-corrected chi connectivity index (χ3v) is 3.15. The molecule has 1 heterocycles. The van der Waals surface area contributed by atoms with Crippen molar-refractivity contribution in [1.82, 2.24) is 0 Å². The number of ether oxygens (including phenoxy) is 3. The number of carbonyl (C=O) groups is 1. The maximum Gasteiger partial charge on any atom is 0.343 e. The van der Waals surface area contributed by atoms with Crippen LogP contribution >= 0.6 is 0 Å². The Bertz CT molecular complexity index is 631. The van der Waals surface area contributed by atoms with Crippen LogP contribution in [-0.4, -0.2) is 12.8 Å². The summed E-state index contributed by atoms with van der Waals surface area (Å²) in [6.45, 7) is 2.26. The molecule has 3 rings (SSSR count). The van der Waals surface area contributed by atoms with E-state index in [0.717, 1.165) is 6.42 Å².